The molecule has 0 bridgehead atoms. The largest absolute Gasteiger partial charge is 0.435 e. The zero-order chi connectivity index (χ0) is 22.5. The third-order valence-corrected chi connectivity index (χ3v) is 6.24. The first-order valence-electron chi connectivity index (χ1n) is 10.2. The van der Waals surface area contributed by atoms with Gasteiger partial charge >= 0.3 is 6.18 Å². The molecule has 0 aliphatic carbocycles. The van der Waals surface area contributed by atoms with E-state index in [0.717, 1.165) is 23.7 Å². The number of alkyl halides is 5. The van der Waals surface area contributed by atoms with Crippen molar-refractivity contribution in [2.24, 2.45) is 5.41 Å². The van der Waals surface area contributed by atoms with Crippen LogP contribution in [0, 0.1) is 5.41 Å². The minimum absolute atomic E-state index is 0.0514. The number of hydrogen-bond acceptors (Lipinski definition) is 6. The summed E-state index contributed by atoms with van der Waals surface area (Å²) in [6, 6.07) is 2.98. The van der Waals surface area contributed by atoms with E-state index in [9.17, 15) is 22.0 Å². The van der Waals surface area contributed by atoms with E-state index in [2.05, 4.69) is 20.1 Å². The van der Waals surface area contributed by atoms with Crippen LogP contribution >= 0.6 is 0 Å². The third-order valence-electron chi connectivity index (χ3n) is 6.24. The summed E-state index contributed by atoms with van der Waals surface area (Å²) in [5.74, 6) is 0.589. The Bertz CT molecular complexity index is 1110. The maximum atomic E-state index is 13.3. The van der Waals surface area contributed by atoms with Crippen LogP contribution in [0.5, 0.6) is 0 Å². The van der Waals surface area contributed by atoms with E-state index in [1.165, 1.54) is 18.3 Å². The molecule has 32 heavy (non-hydrogen) atoms. The second-order valence-electron chi connectivity index (χ2n) is 8.37. The summed E-state index contributed by atoms with van der Waals surface area (Å²) in [5, 5.41) is 3.93. The number of piperidine rings is 1. The normalized spacial score (nSPS) is 18.6. The van der Waals surface area contributed by atoms with Crippen LogP contribution in [0.25, 0.3) is 11.2 Å². The second kappa shape index (κ2) is 7.52. The van der Waals surface area contributed by atoms with Gasteiger partial charge in [0.1, 0.15) is 17.9 Å². The maximum absolute atomic E-state index is 13.3. The van der Waals surface area contributed by atoms with Crippen LogP contribution < -0.4 is 9.80 Å². The van der Waals surface area contributed by atoms with Crippen molar-refractivity contribution in [1.29, 1.82) is 0 Å². The number of nitrogens with zero attached hydrogens (tertiary/aromatic N) is 7. The first-order chi connectivity index (χ1) is 15.2. The van der Waals surface area contributed by atoms with E-state index in [-0.39, 0.29) is 11.1 Å². The fourth-order valence-corrected chi connectivity index (χ4v) is 4.59. The highest BCUT2D eigenvalue weighted by molar-refractivity contribution is 5.71. The SMILES string of the molecule is FC(F)Cn1ncc2ncc(N3CCC4(CC3)CN(c3cccnc3C(F)(F)F)C4)nc21. The molecule has 2 saturated heterocycles. The monoisotopic (exact) mass is 453 g/mol. The summed E-state index contributed by atoms with van der Waals surface area (Å²) in [4.78, 5) is 16.1. The molecule has 0 unspecified atom stereocenters. The number of halogens is 5. The van der Waals surface area contributed by atoms with Crippen LogP contribution in [0.3, 0.4) is 0 Å². The second-order valence-corrected chi connectivity index (χ2v) is 8.37. The van der Waals surface area contributed by atoms with Gasteiger partial charge in [-0.3, -0.25) is 0 Å². The Labute approximate surface area is 179 Å². The van der Waals surface area contributed by atoms with Crippen LogP contribution in [0.2, 0.25) is 0 Å². The van der Waals surface area contributed by atoms with E-state index in [0.29, 0.717) is 43.2 Å². The smallest absolute Gasteiger partial charge is 0.369 e. The minimum Gasteiger partial charge on any atom is -0.369 e. The molecule has 1 spiro atoms. The highest BCUT2D eigenvalue weighted by Crippen LogP contribution is 2.45. The number of anilines is 2. The summed E-state index contributed by atoms with van der Waals surface area (Å²) in [7, 11) is 0. The molecule has 0 N–H and O–H groups in total. The first kappa shape index (κ1) is 20.8. The fourth-order valence-electron chi connectivity index (χ4n) is 4.59. The van der Waals surface area contributed by atoms with Crippen LogP contribution in [0.4, 0.5) is 33.5 Å². The highest BCUT2D eigenvalue weighted by atomic mass is 19.4. The van der Waals surface area contributed by atoms with Crippen molar-refractivity contribution in [3.8, 4) is 0 Å². The Balaban J connectivity index is 1.26. The van der Waals surface area contributed by atoms with E-state index in [1.807, 2.05) is 4.90 Å². The Morgan fingerprint density at radius 1 is 1.03 bits per heavy atom. The van der Waals surface area contributed by atoms with Gasteiger partial charge in [0.2, 0.25) is 0 Å². The summed E-state index contributed by atoms with van der Waals surface area (Å²) in [6.07, 6.45) is -1.27. The van der Waals surface area contributed by atoms with Crippen molar-refractivity contribution >= 4 is 22.7 Å². The van der Waals surface area contributed by atoms with Gasteiger partial charge in [0.15, 0.2) is 11.3 Å². The zero-order valence-electron chi connectivity index (χ0n) is 16.9. The van der Waals surface area contributed by atoms with Gasteiger partial charge in [-0.1, -0.05) is 0 Å². The predicted octanol–water partition coefficient (Wildman–Crippen LogP) is 3.61. The standard InChI is InChI=1S/C20H20F5N7/c21-15(22)10-32-18-13(8-28-32)27-9-16(29-18)30-6-3-19(4-7-30)11-31(12-19)14-2-1-5-26-17(14)20(23,24)25/h1-2,5,8-9,15H,3-4,6-7,10-12H2. The van der Waals surface area contributed by atoms with E-state index in [1.54, 1.807) is 11.1 Å². The van der Waals surface area contributed by atoms with Crippen molar-refractivity contribution in [3.05, 3.63) is 36.4 Å². The lowest BCUT2D eigenvalue weighted by atomic mass is 9.71. The third kappa shape index (κ3) is 3.71. The van der Waals surface area contributed by atoms with E-state index < -0.39 is 24.8 Å². The van der Waals surface area contributed by atoms with Crippen LogP contribution in [-0.4, -0.2) is 57.3 Å². The average molecular weight is 453 g/mol. The van der Waals surface area contributed by atoms with Gasteiger partial charge in [0, 0.05) is 37.8 Å². The maximum Gasteiger partial charge on any atom is 0.435 e. The van der Waals surface area contributed by atoms with Gasteiger partial charge in [-0.15, -0.1) is 0 Å². The van der Waals surface area contributed by atoms with Gasteiger partial charge in [0.25, 0.3) is 6.43 Å². The summed E-state index contributed by atoms with van der Waals surface area (Å²) in [5.41, 5.74) is -0.0129. The van der Waals surface area contributed by atoms with Crippen molar-refractivity contribution in [2.45, 2.75) is 32.0 Å². The number of pyridine rings is 1. The molecule has 2 fully saturated rings. The van der Waals surface area contributed by atoms with Crippen molar-refractivity contribution < 1.29 is 22.0 Å². The Morgan fingerprint density at radius 2 is 1.78 bits per heavy atom. The predicted molar refractivity (Wildman–Crippen MR) is 107 cm³/mol. The number of aromatic nitrogens is 5. The molecule has 0 saturated carbocycles. The summed E-state index contributed by atoms with van der Waals surface area (Å²) in [6.45, 7) is 1.87. The Morgan fingerprint density at radius 3 is 2.47 bits per heavy atom. The molecule has 12 heteroatoms. The molecule has 170 valence electrons. The fraction of sp³-hybridized carbons (Fsp3) is 0.500. The molecular weight excluding hydrogens is 433 g/mol. The summed E-state index contributed by atoms with van der Waals surface area (Å²) >= 11 is 0. The van der Waals surface area contributed by atoms with E-state index in [4.69, 9.17) is 0 Å². The molecule has 0 radical (unpaired) electrons. The highest BCUT2D eigenvalue weighted by Gasteiger charge is 2.47. The molecular formula is C20H20F5N7. The number of rotatable bonds is 4. The van der Waals surface area contributed by atoms with Crippen LogP contribution in [0.1, 0.15) is 18.5 Å². The van der Waals surface area contributed by atoms with Gasteiger partial charge in [-0.2, -0.15) is 18.3 Å². The molecule has 7 nitrogen and oxygen atoms in total. The van der Waals surface area contributed by atoms with Crippen LogP contribution in [-0.2, 0) is 12.7 Å². The number of hydrogen-bond donors (Lipinski definition) is 0. The first-order valence-corrected chi connectivity index (χ1v) is 10.2. The molecule has 0 amide bonds. The van der Waals surface area contributed by atoms with Crippen molar-refractivity contribution in [1.82, 2.24) is 24.7 Å². The quantitative estimate of drug-likeness (QED) is 0.563. The Hall–Kier alpha value is -3.05. The van der Waals surface area contributed by atoms with Crippen LogP contribution in [0.15, 0.2) is 30.7 Å². The molecule has 5 rings (SSSR count). The molecule has 3 aromatic rings. The lowest BCUT2D eigenvalue weighted by Gasteiger charge is -2.55. The lowest BCUT2D eigenvalue weighted by Crippen LogP contribution is -2.61. The Kier molecular flexibility index (Phi) is 4.90. The summed E-state index contributed by atoms with van der Waals surface area (Å²) < 4.78 is 66.5. The lowest BCUT2D eigenvalue weighted by molar-refractivity contribution is -0.140. The van der Waals surface area contributed by atoms with Gasteiger partial charge < -0.3 is 9.80 Å². The number of fused-ring (bicyclic) bond motifs is 1. The van der Waals surface area contributed by atoms with Crippen molar-refractivity contribution in [2.75, 3.05) is 36.0 Å². The molecule has 5 heterocycles. The molecule has 2 aliphatic heterocycles. The van der Waals surface area contributed by atoms with Gasteiger partial charge in [0.05, 0.1) is 18.1 Å². The topological polar surface area (TPSA) is 63.0 Å². The average Bonchev–Trinajstić information content (AvgIpc) is 3.13. The minimum atomic E-state index is -4.49. The van der Waals surface area contributed by atoms with Gasteiger partial charge in [-0.25, -0.2) is 28.4 Å². The molecule has 2 aliphatic rings. The van der Waals surface area contributed by atoms with Crippen molar-refractivity contribution in [3.63, 3.8) is 0 Å². The zero-order valence-corrected chi connectivity index (χ0v) is 16.9. The molecule has 0 aromatic carbocycles. The van der Waals surface area contributed by atoms with E-state index >= 15 is 0 Å². The van der Waals surface area contributed by atoms with Gasteiger partial charge in [-0.05, 0) is 25.0 Å². The molecule has 0 atom stereocenters. The molecule has 3 aromatic heterocycles.